The summed E-state index contributed by atoms with van der Waals surface area (Å²) in [7, 11) is 0. The van der Waals surface area contributed by atoms with Gasteiger partial charge in [-0.15, -0.1) is 0 Å². The van der Waals surface area contributed by atoms with Crippen molar-refractivity contribution < 1.29 is 18.8 Å². The summed E-state index contributed by atoms with van der Waals surface area (Å²) in [5.74, 6) is 1.14. The molecule has 2 aromatic rings. The van der Waals surface area contributed by atoms with Crippen molar-refractivity contribution in [3.8, 4) is 5.88 Å². The van der Waals surface area contributed by atoms with Crippen LogP contribution in [0.3, 0.4) is 0 Å². The second kappa shape index (κ2) is 8.67. The van der Waals surface area contributed by atoms with Crippen molar-refractivity contribution in [1.82, 2.24) is 10.3 Å². The Morgan fingerprint density at radius 1 is 1.32 bits per heavy atom. The number of nitrogens with one attached hydrogen (secondary N) is 2. The van der Waals surface area contributed by atoms with Gasteiger partial charge in [0.05, 0.1) is 32.5 Å². The van der Waals surface area contributed by atoms with Gasteiger partial charge in [-0.3, -0.25) is 4.79 Å². The zero-order valence-electron chi connectivity index (χ0n) is 14.7. The Bertz CT molecular complexity index is 666. The van der Waals surface area contributed by atoms with E-state index >= 15 is 0 Å². The number of piperidine rings is 1. The second-order valence-electron chi connectivity index (χ2n) is 6.29. The lowest BCUT2D eigenvalue weighted by Gasteiger charge is -2.30. The van der Waals surface area contributed by atoms with Crippen LogP contribution >= 0.6 is 0 Å². The predicted octanol–water partition coefficient (Wildman–Crippen LogP) is 1.61. The molecule has 134 valence electrons. The summed E-state index contributed by atoms with van der Waals surface area (Å²) >= 11 is 0. The molecule has 0 spiro atoms. The van der Waals surface area contributed by atoms with Gasteiger partial charge in [-0.25, -0.2) is 4.98 Å². The summed E-state index contributed by atoms with van der Waals surface area (Å²) in [6, 6.07) is 7.52. The zero-order valence-corrected chi connectivity index (χ0v) is 14.7. The third-order valence-electron chi connectivity index (χ3n) is 4.64. The molecule has 1 aliphatic heterocycles. The number of aromatic nitrogens is 1. The first-order chi connectivity index (χ1) is 12.3. The SMILES string of the molecule is CCOc1ncccc1C(=O)NC[C@H](c1ccco1)[NH+]1CCCCC1. The molecule has 6 heteroatoms. The van der Waals surface area contributed by atoms with Crippen LogP contribution in [0.25, 0.3) is 0 Å². The zero-order chi connectivity index (χ0) is 17.5. The molecule has 1 amide bonds. The molecule has 0 radical (unpaired) electrons. The number of nitrogens with zero attached hydrogens (tertiary/aromatic N) is 1. The van der Waals surface area contributed by atoms with Gasteiger partial charge in [-0.2, -0.15) is 0 Å². The molecule has 0 bridgehead atoms. The molecule has 25 heavy (non-hydrogen) atoms. The molecule has 0 aliphatic carbocycles. The van der Waals surface area contributed by atoms with Gasteiger partial charge in [-0.1, -0.05) is 0 Å². The molecule has 0 unspecified atom stereocenters. The van der Waals surface area contributed by atoms with E-state index < -0.39 is 0 Å². The van der Waals surface area contributed by atoms with E-state index in [1.165, 1.54) is 24.2 Å². The fourth-order valence-corrected chi connectivity index (χ4v) is 3.40. The summed E-state index contributed by atoms with van der Waals surface area (Å²) < 4.78 is 11.1. The first-order valence-corrected chi connectivity index (χ1v) is 9.03. The number of amides is 1. The van der Waals surface area contributed by atoms with Crippen LogP contribution < -0.4 is 15.0 Å². The van der Waals surface area contributed by atoms with Crippen LogP contribution in [0.15, 0.2) is 41.1 Å². The third-order valence-corrected chi connectivity index (χ3v) is 4.64. The van der Waals surface area contributed by atoms with Crippen molar-refractivity contribution in [3.63, 3.8) is 0 Å². The largest absolute Gasteiger partial charge is 0.477 e. The molecule has 1 aliphatic rings. The average Bonchev–Trinajstić information content (AvgIpc) is 3.18. The van der Waals surface area contributed by atoms with Crippen LogP contribution in [0.5, 0.6) is 5.88 Å². The van der Waals surface area contributed by atoms with E-state index in [1.807, 2.05) is 19.1 Å². The number of hydrogen-bond acceptors (Lipinski definition) is 4. The average molecular weight is 344 g/mol. The molecule has 2 N–H and O–H groups in total. The highest BCUT2D eigenvalue weighted by Crippen LogP contribution is 2.15. The highest BCUT2D eigenvalue weighted by molar-refractivity contribution is 5.96. The van der Waals surface area contributed by atoms with E-state index in [2.05, 4.69) is 10.3 Å². The van der Waals surface area contributed by atoms with E-state index in [9.17, 15) is 4.79 Å². The summed E-state index contributed by atoms with van der Waals surface area (Å²) in [6.45, 7) is 5.10. The van der Waals surface area contributed by atoms with Gasteiger partial charge in [0.25, 0.3) is 5.91 Å². The molecule has 1 fully saturated rings. The lowest BCUT2D eigenvalue weighted by Crippen LogP contribution is -3.13. The quantitative estimate of drug-likeness (QED) is 0.801. The minimum absolute atomic E-state index is 0.131. The number of rotatable bonds is 7. The van der Waals surface area contributed by atoms with Gasteiger partial charge in [0.2, 0.25) is 5.88 Å². The molecular formula is C19H26N3O3+. The Morgan fingerprint density at radius 2 is 2.16 bits per heavy atom. The van der Waals surface area contributed by atoms with E-state index in [0.29, 0.717) is 24.6 Å². The lowest BCUT2D eigenvalue weighted by molar-refractivity contribution is -0.936. The lowest BCUT2D eigenvalue weighted by atomic mass is 10.1. The summed E-state index contributed by atoms with van der Waals surface area (Å²) in [5, 5.41) is 3.04. The molecular weight excluding hydrogens is 318 g/mol. The maximum Gasteiger partial charge on any atom is 0.257 e. The first-order valence-electron chi connectivity index (χ1n) is 9.03. The number of carbonyl (C=O) groups is 1. The number of pyridine rings is 1. The summed E-state index contributed by atoms with van der Waals surface area (Å²) in [4.78, 5) is 18.2. The minimum atomic E-state index is -0.162. The molecule has 0 saturated carbocycles. The van der Waals surface area contributed by atoms with Crippen LogP contribution in [-0.2, 0) is 0 Å². The van der Waals surface area contributed by atoms with E-state index in [-0.39, 0.29) is 11.9 Å². The van der Waals surface area contributed by atoms with Crippen LogP contribution in [0.4, 0.5) is 0 Å². The molecule has 1 atom stereocenters. The molecule has 3 rings (SSSR count). The Hall–Kier alpha value is -2.34. The van der Waals surface area contributed by atoms with Crippen molar-refractivity contribution in [3.05, 3.63) is 48.0 Å². The summed E-state index contributed by atoms with van der Waals surface area (Å²) in [5.41, 5.74) is 0.469. The third kappa shape index (κ3) is 4.39. The van der Waals surface area contributed by atoms with E-state index in [1.54, 1.807) is 24.6 Å². The Kier molecular flexibility index (Phi) is 6.06. The smallest absolute Gasteiger partial charge is 0.257 e. The van der Waals surface area contributed by atoms with Crippen molar-refractivity contribution in [2.45, 2.75) is 32.2 Å². The molecule has 0 aromatic carbocycles. The maximum atomic E-state index is 12.6. The van der Waals surface area contributed by atoms with Gasteiger partial charge in [0.15, 0.2) is 11.8 Å². The number of quaternary nitrogens is 1. The Labute approximate surface area is 148 Å². The number of ether oxygens (including phenoxy) is 1. The summed E-state index contributed by atoms with van der Waals surface area (Å²) in [6.07, 6.45) is 7.05. The standard InChI is InChI=1S/C19H25N3O3/c1-2-24-19-15(8-6-10-20-19)18(23)21-14-16(17-9-7-13-25-17)22-11-4-3-5-12-22/h6-10,13,16H,2-5,11-12,14H2,1H3,(H,21,23)/p+1/t16-/m1/s1. The first kappa shape index (κ1) is 17.5. The highest BCUT2D eigenvalue weighted by Gasteiger charge is 2.29. The second-order valence-corrected chi connectivity index (χ2v) is 6.29. The number of carbonyl (C=O) groups excluding carboxylic acids is 1. The van der Waals surface area contributed by atoms with Gasteiger partial charge >= 0.3 is 0 Å². The monoisotopic (exact) mass is 344 g/mol. The fourth-order valence-electron chi connectivity index (χ4n) is 3.40. The van der Waals surface area contributed by atoms with Crippen molar-refractivity contribution in [2.75, 3.05) is 26.2 Å². The molecule has 1 saturated heterocycles. The van der Waals surface area contributed by atoms with Crippen molar-refractivity contribution in [2.24, 2.45) is 0 Å². The number of hydrogen-bond donors (Lipinski definition) is 2. The van der Waals surface area contributed by atoms with E-state index in [4.69, 9.17) is 9.15 Å². The normalized spacial score (nSPS) is 16.4. The Balaban J connectivity index is 1.69. The van der Waals surface area contributed by atoms with E-state index in [0.717, 1.165) is 18.8 Å². The van der Waals surface area contributed by atoms with Crippen molar-refractivity contribution in [1.29, 1.82) is 0 Å². The van der Waals surface area contributed by atoms with Crippen LogP contribution in [0.1, 0.15) is 48.3 Å². The van der Waals surface area contributed by atoms with Crippen LogP contribution in [-0.4, -0.2) is 37.1 Å². The van der Waals surface area contributed by atoms with Gasteiger partial charge in [-0.05, 0) is 50.5 Å². The molecule has 3 heterocycles. The van der Waals surface area contributed by atoms with Crippen LogP contribution in [0.2, 0.25) is 0 Å². The van der Waals surface area contributed by atoms with Gasteiger partial charge < -0.3 is 19.4 Å². The minimum Gasteiger partial charge on any atom is -0.477 e. The molecule has 6 nitrogen and oxygen atoms in total. The van der Waals surface area contributed by atoms with Crippen LogP contribution in [0, 0.1) is 0 Å². The van der Waals surface area contributed by atoms with Gasteiger partial charge in [0, 0.05) is 6.20 Å². The van der Waals surface area contributed by atoms with Gasteiger partial charge in [0.1, 0.15) is 5.56 Å². The number of furan rings is 1. The molecule has 2 aromatic heterocycles. The maximum absolute atomic E-state index is 12.6. The van der Waals surface area contributed by atoms with Crippen molar-refractivity contribution >= 4 is 5.91 Å². The Morgan fingerprint density at radius 3 is 2.88 bits per heavy atom. The predicted molar refractivity (Wildman–Crippen MR) is 93.7 cm³/mol. The fraction of sp³-hybridized carbons (Fsp3) is 0.474. The highest BCUT2D eigenvalue weighted by atomic mass is 16.5. The topological polar surface area (TPSA) is 68.8 Å². The number of likely N-dealkylation sites (tertiary alicyclic amines) is 1.